The van der Waals surface area contributed by atoms with Gasteiger partial charge in [0.2, 0.25) is 10.0 Å². The van der Waals surface area contributed by atoms with E-state index in [0.717, 1.165) is 34.7 Å². The second-order valence-corrected chi connectivity index (χ2v) is 8.90. The second kappa shape index (κ2) is 6.35. The Morgan fingerprint density at radius 3 is 2.72 bits per heavy atom. The summed E-state index contributed by atoms with van der Waals surface area (Å²) < 4.78 is 29.2. The molecule has 140 valence electrons. The lowest BCUT2D eigenvalue weighted by atomic mass is 9.70. The van der Waals surface area contributed by atoms with E-state index in [-0.39, 0.29) is 31.2 Å². The van der Waals surface area contributed by atoms with E-state index in [1.165, 1.54) is 18.4 Å². The molecule has 10 heteroatoms. The second-order valence-electron chi connectivity index (χ2n) is 6.99. The molecule has 2 fully saturated rings. The standard InChI is InChI=1S/C15H24N4O5S/c1-17-8-11(13(21)18(2)14(17)22)25(23,24)19-7-5-15(10-20)4-3-6-16-12(15)9-19/h8,12,16,20H,3-7,9-10H2,1-2H3/t12-,15-/m1/s1. The lowest BCUT2D eigenvalue weighted by molar-refractivity contribution is 0.00726. The van der Waals surface area contributed by atoms with E-state index in [0.29, 0.717) is 6.42 Å². The van der Waals surface area contributed by atoms with Crippen LogP contribution >= 0.6 is 0 Å². The first kappa shape index (κ1) is 18.3. The van der Waals surface area contributed by atoms with Gasteiger partial charge in [0.15, 0.2) is 4.90 Å². The Morgan fingerprint density at radius 1 is 1.32 bits per heavy atom. The summed E-state index contributed by atoms with van der Waals surface area (Å²) in [6.45, 7) is 1.24. The predicted molar refractivity (Wildman–Crippen MR) is 90.8 cm³/mol. The fourth-order valence-electron chi connectivity index (χ4n) is 3.88. The van der Waals surface area contributed by atoms with Gasteiger partial charge in [-0.25, -0.2) is 13.2 Å². The maximum atomic E-state index is 13.0. The highest BCUT2D eigenvalue weighted by atomic mass is 32.2. The molecule has 0 unspecified atom stereocenters. The summed E-state index contributed by atoms with van der Waals surface area (Å²) in [6, 6.07) is -0.147. The van der Waals surface area contributed by atoms with Crippen molar-refractivity contribution in [3.05, 3.63) is 27.0 Å². The molecule has 3 rings (SSSR count). The van der Waals surface area contributed by atoms with Crippen molar-refractivity contribution in [3.8, 4) is 0 Å². The van der Waals surface area contributed by atoms with Crippen LogP contribution in [0.4, 0.5) is 0 Å². The largest absolute Gasteiger partial charge is 0.396 e. The zero-order valence-electron chi connectivity index (χ0n) is 14.4. The zero-order valence-corrected chi connectivity index (χ0v) is 15.3. The number of aliphatic hydroxyl groups excluding tert-OH is 1. The normalized spacial score (nSPS) is 27.9. The summed E-state index contributed by atoms with van der Waals surface area (Å²) in [6.07, 6.45) is 3.43. The van der Waals surface area contributed by atoms with Crippen LogP contribution < -0.4 is 16.6 Å². The van der Waals surface area contributed by atoms with Crippen LogP contribution in [0, 0.1) is 5.41 Å². The number of nitrogens with one attached hydrogen (secondary N) is 1. The van der Waals surface area contributed by atoms with Crippen LogP contribution in [-0.2, 0) is 24.1 Å². The highest BCUT2D eigenvalue weighted by Gasteiger charge is 2.47. The molecule has 0 spiro atoms. The van der Waals surface area contributed by atoms with Crippen LogP contribution in [-0.4, -0.2) is 59.2 Å². The van der Waals surface area contributed by atoms with Crippen molar-refractivity contribution in [1.82, 2.24) is 18.8 Å². The molecule has 2 aliphatic rings. The molecule has 2 saturated heterocycles. The number of aryl methyl sites for hydroxylation is 1. The van der Waals surface area contributed by atoms with Crippen LogP contribution in [0.1, 0.15) is 19.3 Å². The summed E-state index contributed by atoms with van der Waals surface area (Å²) in [4.78, 5) is 23.7. The third-order valence-electron chi connectivity index (χ3n) is 5.57. The number of sulfonamides is 1. The number of aliphatic hydroxyl groups is 1. The van der Waals surface area contributed by atoms with Crippen molar-refractivity contribution < 1.29 is 13.5 Å². The van der Waals surface area contributed by atoms with Crippen molar-refractivity contribution in [2.45, 2.75) is 30.2 Å². The lowest BCUT2D eigenvalue weighted by Gasteiger charge is -2.49. The van der Waals surface area contributed by atoms with Crippen molar-refractivity contribution >= 4 is 10.0 Å². The van der Waals surface area contributed by atoms with Gasteiger partial charge >= 0.3 is 5.69 Å². The number of fused-ring (bicyclic) bond motifs is 1. The minimum Gasteiger partial charge on any atom is -0.396 e. The molecular weight excluding hydrogens is 348 g/mol. The molecule has 25 heavy (non-hydrogen) atoms. The number of piperidine rings is 2. The van der Waals surface area contributed by atoms with Crippen LogP contribution in [0.25, 0.3) is 0 Å². The first-order chi connectivity index (χ1) is 11.7. The van der Waals surface area contributed by atoms with E-state index in [2.05, 4.69) is 5.32 Å². The monoisotopic (exact) mass is 372 g/mol. The van der Waals surface area contributed by atoms with Crippen molar-refractivity contribution in [3.63, 3.8) is 0 Å². The Hall–Kier alpha value is -1.49. The Bertz CT molecular complexity index is 890. The summed E-state index contributed by atoms with van der Waals surface area (Å²) in [5.74, 6) is 0. The maximum absolute atomic E-state index is 13.0. The van der Waals surface area contributed by atoms with Crippen molar-refractivity contribution in [1.29, 1.82) is 0 Å². The number of hydrogen-bond acceptors (Lipinski definition) is 6. The van der Waals surface area contributed by atoms with Crippen LogP contribution in [0.15, 0.2) is 20.7 Å². The summed E-state index contributed by atoms with van der Waals surface area (Å²) >= 11 is 0. The molecule has 0 amide bonds. The van der Waals surface area contributed by atoms with E-state index in [1.807, 2.05) is 0 Å². The summed E-state index contributed by atoms with van der Waals surface area (Å²) in [5, 5.41) is 13.1. The van der Waals surface area contributed by atoms with E-state index < -0.39 is 26.2 Å². The molecule has 1 aromatic rings. The Morgan fingerprint density at radius 2 is 2.04 bits per heavy atom. The Kier molecular flexibility index (Phi) is 4.65. The van der Waals surface area contributed by atoms with Gasteiger partial charge in [-0.3, -0.25) is 9.36 Å². The van der Waals surface area contributed by atoms with Gasteiger partial charge in [-0.2, -0.15) is 4.31 Å². The van der Waals surface area contributed by atoms with Gasteiger partial charge < -0.3 is 15.0 Å². The van der Waals surface area contributed by atoms with Crippen molar-refractivity contribution in [2.24, 2.45) is 19.5 Å². The van der Waals surface area contributed by atoms with E-state index in [4.69, 9.17) is 0 Å². The first-order valence-corrected chi connectivity index (χ1v) is 9.78. The summed E-state index contributed by atoms with van der Waals surface area (Å²) in [7, 11) is -1.34. The van der Waals surface area contributed by atoms with Gasteiger partial charge in [0, 0.05) is 44.8 Å². The molecule has 3 heterocycles. The van der Waals surface area contributed by atoms with Crippen LogP contribution in [0.2, 0.25) is 0 Å². The predicted octanol–water partition coefficient (Wildman–Crippen LogP) is -1.79. The average Bonchev–Trinajstić information content (AvgIpc) is 2.62. The molecule has 0 radical (unpaired) electrons. The average molecular weight is 372 g/mol. The molecule has 1 aromatic heterocycles. The van der Waals surface area contributed by atoms with Gasteiger partial charge in [-0.1, -0.05) is 0 Å². The van der Waals surface area contributed by atoms with Gasteiger partial charge in [0.25, 0.3) is 5.56 Å². The molecule has 0 aliphatic carbocycles. The quantitative estimate of drug-likeness (QED) is 0.648. The summed E-state index contributed by atoms with van der Waals surface area (Å²) in [5.41, 5.74) is -1.70. The molecule has 2 aliphatic heterocycles. The van der Waals surface area contributed by atoms with Gasteiger partial charge in [0.1, 0.15) is 0 Å². The minimum absolute atomic E-state index is 0.0140. The van der Waals surface area contributed by atoms with Gasteiger partial charge in [-0.15, -0.1) is 0 Å². The van der Waals surface area contributed by atoms with Gasteiger partial charge in [-0.05, 0) is 25.8 Å². The molecule has 0 aromatic carbocycles. The fraction of sp³-hybridized carbons (Fsp3) is 0.733. The van der Waals surface area contributed by atoms with E-state index in [1.54, 1.807) is 0 Å². The molecule has 2 N–H and O–H groups in total. The molecule has 0 saturated carbocycles. The fourth-order valence-corrected chi connectivity index (χ4v) is 5.49. The van der Waals surface area contributed by atoms with E-state index >= 15 is 0 Å². The topological polar surface area (TPSA) is 114 Å². The third kappa shape index (κ3) is 2.86. The zero-order chi connectivity index (χ0) is 18.4. The van der Waals surface area contributed by atoms with Gasteiger partial charge in [0.05, 0.1) is 6.61 Å². The smallest absolute Gasteiger partial charge is 0.330 e. The lowest BCUT2D eigenvalue weighted by Crippen LogP contribution is -2.62. The van der Waals surface area contributed by atoms with Crippen molar-refractivity contribution in [2.75, 3.05) is 26.2 Å². The molecule has 2 atom stereocenters. The molecular formula is C15H24N4O5S. The number of aromatic nitrogens is 2. The number of nitrogens with zero attached hydrogens (tertiary/aromatic N) is 3. The van der Waals surface area contributed by atoms with E-state index in [9.17, 15) is 23.1 Å². The third-order valence-corrected chi connectivity index (χ3v) is 7.42. The number of rotatable bonds is 3. The Labute approximate surface area is 145 Å². The Balaban J connectivity index is 1.97. The number of hydrogen-bond donors (Lipinski definition) is 2. The first-order valence-electron chi connectivity index (χ1n) is 8.34. The maximum Gasteiger partial charge on any atom is 0.330 e. The molecule has 0 bridgehead atoms. The minimum atomic E-state index is -4.02. The highest BCUT2D eigenvalue weighted by molar-refractivity contribution is 7.89. The SMILES string of the molecule is Cn1cc(S(=O)(=O)N2CC[C@@]3(CO)CCCN[C@@H]3C2)c(=O)n(C)c1=O. The van der Waals surface area contributed by atoms with Crippen LogP contribution in [0.5, 0.6) is 0 Å². The molecule has 9 nitrogen and oxygen atoms in total. The van der Waals surface area contributed by atoms with Crippen LogP contribution in [0.3, 0.4) is 0 Å². The highest BCUT2D eigenvalue weighted by Crippen LogP contribution is 2.39.